The van der Waals surface area contributed by atoms with Crippen LogP contribution < -0.4 is 26.5 Å². The molecule has 42 heavy (non-hydrogen) atoms. The van der Waals surface area contributed by atoms with Gasteiger partial charge in [-0.3, -0.25) is 9.59 Å². The van der Waals surface area contributed by atoms with Crippen LogP contribution in [0.5, 0.6) is 0 Å². The van der Waals surface area contributed by atoms with Gasteiger partial charge in [-0.1, -0.05) is 115 Å². The van der Waals surface area contributed by atoms with Gasteiger partial charge in [-0.15, -0.1) is 0 Å². The van der Waals surface area contributed by atoms with E-state index in [1.165, 1.54) is 0 Å². The summed E-state index contributed by atoms with van der Waals surface area (Å²) in [4.78, 5) is 26.2. The van der Waals surface area contributed by atoms with E-state index in [1.54, 1.807) is 0 Å². The lowest BCUT2D eigenvalue weighted by Gasteiger charge is -2.27. The summed E-state index contributed by atoms with van der Waals surface area (Å²) in [5, 5.41) is 8.56. The number of amides is 2. The van der Waals surface area contributed by atoms with Crippen LogP contribution in [-0.2, 0) is 15.8 Å². The lowest BCUT2D eigenvalue weighted by Crippen LogP contribution is -2.40. The summed E-state index contributed by atoms with van der Waals surface area (Å²) < 4.78 is 38.8. The van der Waals surface area contributed by atoms with Crippen molar-refractivity contribution in [3.8, 4) is 0 Å². The molecule has 5 rings (SSSR count). The number of alkyl halides is 3. The van der Waals surface area contributed by atoms with E-state index < -0.39 is 37.5 Å². The maximum atomic E-state index is 13.3. The molecule has 0 spiro atoms. The molecule has 0 radical (unpaired) electrons. The van der Waals surface area contributed by atoms with Gasteiger partial charge in [-0.25, -0.2) is 0 Å². The van der Waals surface area contributed by atoms with Gasteiger partial charge in [-0.2, -0.15) is 13.2 Å². The zero-order chi connectivity index (χ0) is 29.5. The fraction of sp³-hybridized carbons (Fsp3) is 0.0588. The summed E-state index contributed by atoms with van der Waals surface area (Å²) in [7, 11) is -1.03. The summed E-state index contributed by atoms with van der Waals surface area (Å²) in [6, 6.07) is 40.7. The van der Waals surface area contributed by atoms with E-state index in [-0.39, 0.29) is 5.69 Å². The molecular formula is C34H26F3N2O2P. The zero-order valence-electron chi connectivity index (χ0n) is 22.3. The van der Waals surface area contributed by atoms with Gasteiger partial charge in [0.25, 0.3) is 0 Å². The number of anilines is 1. The summed E-state index contributed by atoms with van der Waals surface area (Å²) in [5.74, 6) is -1.90. The molecule has 2 amide bonds. The molecule has 4 nitrogen and oxygen atoms in total. The minimum absolute atomic E-state index is 0.0801. The first kappa shape index (κ1) is 28.8. The van der Waals surface area contributed by atoms with Crippen molar-refractivity contribution in [1.29, 1.82) is 0 Å². The second-order valence-corrected chi connectivity index (χ2v) is 11.6. The Morgan fingerprint density at radius 1 is 0.595 bits per heavy atom. The van der Waals surface area contributed by atoms with Crippen molar-refractivity contribution in [2.45, 2.75) is 12.2 Å². The topological polar surface area (TPSA) is 58.2 Å². The van der Waals surface area contributed by atoms with Crippen LogP contribution in [0.25, 0.3) is 0 Å². The lowest BCUT2D eigenvalue weighted by atomic mass is 9.98. The van der Waals surface area contributed by atoms with Crippen LogP contribution in [0, 0.1) is 0 Å². The highest BCUT2D eigenvalue weighted by molar-refractivity contribution is 7.79. The molecule has 5 aromatic rings. The maximum Gasteiger partial charge on any atom is 0.416 e. The Kier molecular flexibility index (Phi) is 8.80. The Morgan fingerprint density at radius 2 is 1.10 bits per heavy atom. The first-order chi connectivity index (χ1) is 20.3. The highest BCUT2D eigenvalue weighted by Crippen LogP contribution is 2.37. The standard InChI is InChI=1S/C34H26F3N2O2P/c35-34(36,37)25-20-22-26(23-21-25)38-32(40)33(41)39-31(24-12-4-1-5-13-24)29-18-10-11-19-30(29)42(27-14-6-2-7-15-27)28-16-8-3-9-17-28/h1-23,31H,(H,38,40)(H,39,41)/t31-/m1/s1. The van der Waals surface area contributed by atoms with Gasteiger partial charge in [0, 0.05) is 5.69 Å². The van der Waals surface area contributed by atoms with Crippen molar-refractivity contribution in [3.05, 3.63) is 156 Å². The second kappa shape index (κ2) is 12.8. The minimum atomic E-state index is -4.50. The van der Waals surface area contributed by atoms with E-state index in [2.05, 4.69) is 34.9 Å². The first-order valence-corrected chi connectivity index (χ1v) is 14.5. The molecule has 5 aromatic carbocycles. The smallest absolute Gasteiger partial charge is 0.337 e. The van der Waals surface area contributed by atoms with Gasteiger partial charge in [0.05, 0.1) is 11.6 Å². The van der Waals surface area contributed by atoms with Crippen molar-refractivity contribution in [3.63, 3.8) is 0 Å². The molecular weight excluding hydrogens is 556 g/mol. The van der Waals surface area contributed by atoms with E-state index in [0.717, 1.165) is 51.3 Å². The highest BCUT2D eigenvalue weighted by atomic mass is 31.1. The zero-order valence-corrected chi connectivity index (χ0v) is 23.1. The molecule has 0 aromatic heterocycles. The van der Waals surface area contributed by atoms with E-state index in [4.69, 9.17) is 0 Å². The summed E-state index contributed by atoms with van der Waals surface area (Å²) in [6.45, 7) is 0. The average molecular weight is 583 g/mol. The van der Waals surface area contributed by atoms with E-state index in [9.17, 15) is 22.8 Å². The fourth-order valence-electron chi connectivity index (χ4n) is 4.63. The third kappa shape index (κ3) is 6.76. The predicted molar refractivity (Wildman–Crippen MR) is 162 cm³/mol. The molecule has 0 aliphatic rings. The Morgan fingerprint density at radius 3 is 1.64 bits per heavy atom. The molecule has 0 saturated carbocycles. The molecule has 1 atom stereocenters. The van der Waals surface area contributed by atoms with Crippen molar-refractivity contribution in [1.82, 2.24) is 5.32 Å². The Balaban J connectivity index is 1.50. The van der Waals surface area contributed by atoms with Crippen LogP contribution in [0.3, 0.4) is 0 Å². The molecule has 0 bridgehead atoms. The Hall–Kier alpha value is -4.74. The van der Waals surface area contributed by atoms with Gasteiger partial charge in [0.15, 0.2) is 0 Å². The molecule has 0 fully saturated rings. The minimum Gasteiger partial charge on any atom is -0.337 e. The number of carbonyl (C=O) groups excluding carboxylic acids is 2. The Bertz CT molecular complexity index is 1610. The third-order valence-electron chi connectivity index (χ3n) is 6.60. The highest BCUT2D eigenvalue weighted by Gasteiger charge is 2.30. The number of carbonyl (C=O) groups is 2. The van der Waals surface area contributed by atoms with Crippen LogP contribution in [0.2, 0.25) is 0 Å². The molecule has 210 valence electrons. The molecule has 2 N–H and O–H groups in total. The summed E-state index contributed by atoms with van der Waals surface area (Å²) in [6.07, 6.45) is -4.50. The molecule has 0 saturated heterocycles. The van der Waals surface area contributed by atoms with Crippen LogP contribution in [0.4, 0.5) is 18.9 Å². The first-order valence-electron chi connectivity index (χ1n) is 13.1. The van der Waals surface area contributed by atoms with Crippen LogP contribution in [0.1, 0.15) is 22.7 Å². The van der Waals surface area contributed by atoms with Crippen LogP contribution in [0.15, 0.2) is 140 Å². The van der Waals surface area contributed by atoms with Gasteiger partial charge >= 0.3 is 18.0 Å². The number of hydrogen-bond acceptors (Lipinski definition) is 2. The lowest BCUT2D eigenvalue weighted by molar-refractivity contribution is -0.137. The Labute approximate surface area is 243 Å². The summed E-state index contributed by atoms with van der Waals surface area (Å²) >= 11 is 0. The van der Waals surface area contributed by atoms with Crippen LogP contribution in [-0.4, -0.2) is 11.8 Å². The summed E-state index contributed by atoms with van der Waals surface area (Å²) in [5.41, 5.74) is 0.838. The molecule has 0 unspecified atom stereocenters. The van der Waals surface area contributed by atoms with Gasteiger partial charge in [-0.05, 0) is 59.2 Å². The average Bonchev–Trinajstić information content (AvgIpc) is 3.01. The number of hydrogen-bond donors (Lipinski definition) is 2. The molecule has 8 heteroatoms. The number of benzene rings is 5. The quantitative estimate of drug-likeness (QED) is 0.175. The maximum absolute atomic E-state index is 13.3. The fourth-order valence-corrected chi connectivity index (χ4v) is 7.12. The van der Waals surface area contributed by atoms with Crippen LogP contribution >= 0.6 is 7.92 Å². The van der Waals surface area contributed by atoms with Crippen molar-refractivity contribution in [2.24, 2.45) is 0 Å². The van der Waals surface area contributed by atoms with E-state index >= 15 is 0 Å². The monoisotopic (exact) mass is 582 g/mol. The molecule has 0 aliphatic carbocycles. The van der Waals surface area contributed by atoms with Crippen molar-refractivity contribution < 1.29 is 22.8 Å². The second-order valence-electron chi connectivity index (χ2n) is 9.41. The van der Waals surface area contributed by atoms with Crippen molar-refractivity contribution in [2.75, 3.05) is 5.32 Å². The SMILES string of the molecule is O=C(Nc1ccc(C(F)(F)F)cc1)C(=O)N[C@H](c1ccccc1)c1ccccc1P(c1ccccc1)c1ccccc1. The normalized spacial score (nSPS) is 12.0. The van der Waals surface area contributed by atoms with Gasteiger partial charge in [0.2, 0.25) is 0 Å². The molecule has 0 heterocycles. The molecule has 0 aliphatic heterocycles. The van der Waals surface area contributed by atoms with E-state index in [0.29, 0.717) is 0 Å². The van der Waals surface area contributed by atoms with Gasteiger partial charge in [0.1, 0.15) is 0 Å². The van der Waals surface area contributed by atoms with Crippen molar-refractivity contribution >= 4 is 41.3 Å². The third-order valence-corrected chi connectivity index (χ3v) is 9.12. The number of rotatable bonds is 7. The predicted octanol–water partition coefficient (Wildman–Crippen LogP) is 6.31. The number of halogens is 3. The van der Waals surface area contributed by atoms with E-state index in [1.807, 2.05) is 91.0 Å². The van der Waals surface area contributed by atoms with Gasteiger partial charge < -0.3 is 10.6 Å². The largest absolute Gasteiger partial charge is 0.416 e. The number of nitrogens with one attached hydrogen (secondary N) is 2.